The molecule has 0 spiro atoms. The highest BCUT2D eigenvalue weighted by molar-refractivity contribution is 9.10. The molecule has 2 aromatic heterocycles. The fourth-order valence-corrected chi connectivity index (χ4v) is 4.84. The van der Waals surface area contributed by atoms with E-state index in [2.05, 4.69) is 41.9 Å². The topological polar surface area (TPSA) is 67.6 Å². The van der Waals surface area contributed by atoms with E-state index in [0.717, 1.165) is 25.8 Å². The maximum Gasteiger partial charge on any atom is 0.291 e. The van der Waals surface area contributed by atoms with Gasteiger partial charge in [-0.15, -0.1) is 5.10 Å². The molecule has 5 rings (SSSR count). The molecule has 0 saturated heterocycles. The van der Waals surface area contributed by atoms with Gasteiger partial charge in [0, 0.05) is 27.1 Å². The van der Waals surface area contributed by atoms with Gasteiger partial charge >= 0.3 is 0 Å². The first kappa shape index (κ1) is 17.7. The van der Waals surface area contributed by atoms with Gasteiger partial charge in [-0.05, 0) is 30.3 Å². The minimum atomic E-state index is -0.333. The van der Waals surface area contributed by atoms with Crippen molar-refractivity contribution in [1.29, 1.82) is 0 Å². The normalized spacial score (nSPS) is 15.5. The number of amides is 1. The van der Waals surface area contributed by atoms with Gasteiger partial charge in [-0.25, -0.2) is 0 Å². The summed E-state index contributed by atoms with van der Waals surface area (Å²) in [4.78, 5) is 32.4. The number of anilines is 1. The molecule has 0 aliphatic carbocycles. The smallest absolute Gasteiger partial charge is 0.291 e. The Morgan fingerprint density at radius 2 is 1.71 bits per heavy atom. The maximum atomic E-state index is 13.0. The Labute approximate surface area is 179 Å². The molecule has 4 aromatic rings. The van der Waals surface area contributed by atoms with Crippen LogP contribution in [0.4, 0.5) is 5.69 Å². The van der Waals surface area contributed by atoms with Crippen LogP contribution in [0, 0.1) is 0 Å². The third-order valence-corrected chi connectivity index (χ3v) is 6.65. The van der Waals surface area contributed by atoms with E-state index in [0.29, 0.717) is 20.9 Å². The molecule has 0 fully saturated rings. The quantitative estimate of drug-likeness (QED) is 0.389. The Hall–Kier alpha value is -2.36. The van der Waals surface area contributed by atoms with Crippen LogP contribution in [0.25, 0.3) is 21.9 Å². The van der Waals surface area contributed by atoms with E-state index in [9.17, 15) is 9.59 Å². The van der Waals surface area contributed by atoms with Gasteiger partial charge in [-0.2, -0.15) is 9.50 Å². The Morgan fingerprint density at radius 1 is 1.00 bits per heavy atom. The summed E-state index contributed by atoms with van der Waals surface area (Å²) in [6, 6.07) is 13.1. The van der Waals surface area contributed by atoms with Gasteiger partial charge in [0.05, 0.1) is 11.3 Å². The van der Waals surface area contributed by atoms with Gasteiger partial charge < -0.3 is 4.90 Å². The number of carbonyl (C=O) groups is 1. The molecule has 0 saturated carbocycles. The molecule has 2 aromatic carbocycles. The minimum absolute atomic E-state index is 0.206. The summed E-state index contributed by atoms with van der Waals surface area (Å²) in [6.07, 6.45) is 0. The summed E-state index contributed by atoms with van der Waals surface area (Å²) >= 11 is 8.02. The van der Waals surface area contributed by atoms with Crippen molar-refractivity contribution < 1.29 is 4.79 Å². The van der Waals surface area contributed by atoms with Gasteiger partial charge in [-0.3, -0.25) is 9.59 Å². The molecule has 1 aliphatic rings. The zero-order valence-corrected chi connectivity index (χ0v) is 18.3. The predicted molar refractivity (Wildman–Crippen MR) is 116 cm³/mol. The Balaban J connectivity index is 1.75. The lowest BCUT2D eigenvalue weighted by molar-refractivity contribution is -0.112. The second-order valence-electron chi connectivity index (χ2n) is 6.27. The van der Waals surface area contributed by atoms with Gasteiger partial charge in [-0.1, -0.05) is 55.3 Å². The van der Waals surface area contributed by atoms with Crippen molar-refractivity contribution in [2.45, 2.75) is 0 Å². The number of thiazole rings is 1. The number of rotatable bonds is 1. The fraction of sp³-hybridized carbons (Fsp3) is 0.0526. The molecule has 28 heavy (non-hydrogen) atoms. The van der Waals surface area contributed by atoms with Crippen molar-refractivity contribution in [2.75, 3.05) is 11.9 Å². The standard InChI is InChI=1S/C19H10Br2N4O2S/c1-24-13-7-6-11(21)8-12(13)14(17(24)26)15-18(27)25-19(28-15)22-16(23-25)9-2-4-10(20)5-3-9/h2-8H,1H3. The zero-order valence-electron chi connectivity index (χ0n) is 14.3. The lowest BCUT2D eigenvalue weighted by Crippen LogP contribution is -2.30. The monoisotopic (exact) mass is 516 g/mol. The Kier molecular flexibility index (Phi) is 4.01. The lowest BCUT2D eigenvalue weighted by atomic mass is 10.1. The van der Waals surface area contributed by atoms with Gasteiger partial charge in [0.2, 0.25) is 4.96 Å². The van der Waals surface area contributed by atoms with Crippen LogP contribution in [0.5, 0.6) is 0 Å². The van der Waals surface area contributed by atoms with Crippen LogP contribution in [0.15, 0.2) is 56.2 Å². The van der Waals surface area contributed by atoms with E-state index >= 15 is 0 Å². The van der Waals surface area contributed by atoms with E-state index in [-0.39, 0.29) is 11.5 Å². The second kappa shape index (κ2) is 6.33. The third kappa shape index (κ3) is 2.57. The van der Waals surface area contributed by atoms with Gasteiger partial charge in [0.25, 0.3) is 11.5 Å². The van der Waals surface area contributed by atoms with Gasteiger partial charge in [0.1, 0.15) is 4.53 Å². The van der Waals surface area contributed by atoms with Crippen molar-refractivity contribution in [3.05, 3.63) is 71.9 Å². The molecule has 0 radical (unpaired) electrons. The molecule has 1 amide bonds. The average molecular weight is 518 g/mol. The second-order valence-corrected chi connectivity index (χ2v) is 9.08. The number of benzene rings is 2. The highest BCUT2D eigenvalue weighted by Gasteiger charge is 2.32. The molecule has 1 aliphatic heterocycles. The number of carbonyl (C=O) groups excluding carboxylic acids is 1. The van der Waals surface area contributed by atoms with Crippen LogP contribution in [0.1, 0.15) is 5.56 Å². The summed E-state index contributed by atoms with van der Waals surface area (Å²) in [5.74, 6) is 0.272. The first-order valence-electron chi connectivity index (χ1n) is 8.22. The first-order valence-corrected chi connectivity index (χ1v) is 10.6. The molecular weight excluding hydrogens is 508 g/mol. The number of nitrogens with zero attached hydrogens (tertiary/aromatic N) is 4. The van der Waals surface area contributed by atoms with Crippen LogP contribution < -0.4 is 15.0 Å². The average Bonchev–Trinajstić information content (AvgIpc) is 3.29. The molecule has 0 atom stereocenters. The van der Waals surface area contributed by atoms with Crippen molar-refractivity contribution in [2.24, 2.45) is 0 Å². The summed E-state index contributed by atoms with van der Waals surface area (Å²) in [5, 5.41) is 4.36. The molecule has 0 N–H and O–H groups in total. The van der Waals surface area contributed by atoms with E-state index in [1.165, 1.54) is 15.9 Å². The van der Waals surface area contributed by atoms with E-state index < -0.39 is 0 Å². The summed E-state index contributed by atoms with van der Waals surface area (Å²) in [5.41, 5.74) is 2.39. The number of hydrogen-bond donors (Lipinski definition) is 0. The molecule has 3 heterocycles. The Morgan fingerprint density at radius 3 is 2.43 bits per heavy atom. The predicted octanol–water partition coefficient (Wildman–Crippen LogP) is 3.24. The molecule has 9 heteroatoms. The molecule has 0 bridgehead atoms. The summed E-state index contributed by atoms with van der Waals surface area (Å²) in [6.45, 7) is 0. The van der Waals surface area contributed by atoms with Crippen LogP contribution in [0.3, 0.4) is 0 Å². The lowest BCUT2D eigenvalue weighted by Gasteiger charge is -2.08. The van der Waals surface area contributed by atoms with Gasteiger partial charge in [0.15, 0.2) is 5.82 Å². The molecule has 6 nitrogen and oxygen atoms in total. The summed E-state index contributed by atoms with van der Waals surface area (Å²) in [7, 11) is 1.70. The van der Waals surface area contributed by atoms with Crippen molar-refractivity contribution in [3.8, 4) is 11.4 Å². The largest absolute Gasteiger partial charge is 0.311 e. The minimum Gasteiger partial charge on any atom is -0.311 e. The van der Waals surface area contributed by atoms with Crippen LogP contribution >= 0.6 is 43.2 Å². The molecule has 138 valence electrons. The van der Waals surface area contributed by atoms with E-state index in [1.807, 2.05) is 42.5 Å². The number of aromatic nitrogens is 3. The highest BCUT2D eigenvalue weighted by Crippen LogP contribution is 2.36. The number of likely N-dealkylation sites (N-methyl/N-ethyl adjacent to an activating group) is 1. The van der Waals surface area contributed by atoms with Crippen molar-refractivity contribution in [3.63, 3.8) is 0 Å². The van der Waals surface area contributed by atoms with Crippen molar-refractivity contribution in [1.82, 2.24) is 14.6 Å². The highest BCUT2D eigenvalue weighted by atomic mass is 79.9. The Bertz CT molecular complexity index is 1390. The summed E-state index contributed by atoms with van der Waals surface area (Å²) < 4.78 is 3.42. The number of hydrogen-bond acceptors (Lipinski definition) is 5. The van der Waals surface area contributed by atoms with Crippen LogP contribution in [0.2, 0.25) is 0 Å². The van der Waals surface area contributed by atoms with Crippen molar-refractivity contribution >= 4 is 65.3 Å². The third-order valence-electron chi connectivity index (χ3n) is 4.59. The first-order chi connectivity index (χ1) is 13.4. The van der Waals surface area contributed by atoms with E-state index in [1.54, 1.807) is 11.9 Å². The maximum absolute atomic E-state index is 13.0. The zero-order chi connectivity index (χ0) is 19.6. The number of fused-ring (bicyclic) bond motifs is 2. The van der Waals surface area contributed by atoms with Crippen LogP contribution in [-0.4, -0.2) is 27.6 Å². The SMILES string of the molecule is CN1C(=O)C(=c2sc3nc(-c4ccc(Br)cc4)nn3c2=O)c2cc(Br)ccc21. The molecule has 0 unspecified atom stereocenters. The fourth-order valence-electron chi connectivity index (χ4n) is 3.22. The number of halogens is 2. The molecular formula is C19H10Br2N4O2S. The van der Waals surface area contributed by atoms with Crippen LogP contribution in [-0.2, 0) is 4.79 Å². The van der Waals surface area contributed by atoms with E-state index in [4.69, 9.17) is 0 Å².